The van der Waals surface area contributed by atoms with Gasteiger partial charge in [-0.2, -0.15) is 0 Å². The Morgan fingerprint density at radius 3 is 2.18 bits per heavy atom. The molecule has 0 heterocycles. The van der Waals surface area contributed by atoms with E-state index in [4.69, 9.17) is 5.73 Å². The summed E-state index contributed by atoms with van der Waals surface area (Å²) < 4.78 is 0. The Balaban J connectivity index is 4.82. The molecular formula is C11H19NO5. The van der Waals surface area contributed by atoms with E-state index in [1.807, 2.05) is 0 Å². The van der Waals surface area contributed by atoms with Crippen molar-refractivity contribution >= 4 is 18.0 Å². The minimum absolute atomic E-state index is 0.0125. The highest BCUT2D eigenvalue weighted by atomic mass is 16.3. The van der Waals surface area contributed by atoms with Crippen molar-refractivity contribution < 1.29 is 24.6 Å². The molecule has 0 rings (SSSR count). The number of aliphatic hydroxyl groups is 2. The Bertz CT molecular complexity index is 311. The Hall–Kier alpha value is -1.27. The van der Waals surface area contributed by atoms with Crippen LogP contribution in [0.5, 0.6) is 0 Å². The number of hydrogen-bond acceptors (Lipinski definition) is 5. The van der Waals surface area contributed by atoms with Crippen LogP contribution in [-0.2, 0) is 14.4 Å². The van der Waals surface area contributed by atoms with Crippen LogP contribution in [0.2, 0.25) is 0 Å². The highest BCUT2D eigenvalue weighted by molar-refractivity contribution is 6.28. The van der Waals surface area contributed by atoms with E-state index in [9.17, 15) is 24.6 Å². The van der Waals surface area contributed by atoms with E-state index in [0.717, 1.165) is 6.92 Å². The van der Waals surface area contributed by atoms with Gasteiger partial charge < -0.3 is 15.9 Å². The van der Waals surface area contributed by atoms with Crippen LogP contribution in [0.4, 0.5) is 0 Å². The molecule has 6 nitrogen and oxygen atoms in total. The van der Waals surface area contributed by atoms with Crippen LogP contribution in [0.1, 0.15) is 27.2 Å². The third kappa shape index (κ3) is 4.24. The molecule has 0 spiro atoms. The molecule has 98 valence electrons. The van der Waals surface area contributed by atoms with Crippen molar-refractivity contribution in [2.75, 3.05) is 0 Å². The van der Waals surface area contributed by atoms with Gasteiger partial charge in [-0.25, -0.2) is 0 Å². The van der Waals surface area contributed by atoms with E-state index in [1.165, 1.54) is 0 Å². The normalized spacial score (nSPS) is 18.2. The van der Waals surface area contributed by atoms with Crippen LogP contribution in [0.3, 0.4) is 0 Å². The SMILES string of the molecule is CC(C)C(C(N)=O)C(O)C[C@](C)(O)C(=O)C=O. The Morgan fingerprint density at radius 2 is 1.88 bits per heavy atom. The second-order valence-corrected chi connectivity index (χ2v) is 4.70. The molecule has 0 aromatic carbocycles. The Kier molecular flexibility index (Phi) is 5.44. The van der Waals surface area contributed by atoms with Crippen molar-refractivity contribution in [2.45, 2.75) is 38.9 Å². The summed E-state index contributed by atoms with van der Waals surface area (Å²) in [5.41, 5.74) is 3.15. The maximum atomic E-state index is 11.1. The predicted octanol–water partition coefficient (Wildman–Crippen LogP) is -0.986. The number of ketones is 1. The number of aldehydes is 1. The molecule has 17 heavy (non-hydrogen) atoms. The fraction of sp³-hybridized carbons (Fsp3) is 0.727. The minimum atomic E-state index is -1.98. The quantitative estimate of drug-likeness (QED) is 0.393. The molecule has 0 fully saturated rings. The van der Waals surface area contributed by atoms with E-state index >= 15 is 0 Å². The highest BCUT2D eigenvalue weighted by Crippen LogP contribution is 2.23. The molecule has 0 aliphatic heterocycles. The third-order valence-electron chi connectivity index (χ3n) is 2.71. The van der Waals surface area contributed by atoms with Gasteiger partial charge >= 0.3 is 0 Å². The van der Waals surface area contributed by atoms with Crippen molar-refractivity contribution in [3.63, 3.8) is 0 Å². The molecule has 0 aromatic heterocycles. The lowest BCUT2D eigenvalue weighted by atomic mass is 9.82. The lowest BCUT2D eigenvalue weighted by Crippen LogP contribution is -2.45. The number of primary amides is 1. The maximum Gasteiger partial charge on any atom is 0.226 e. The molecule has 0 aliphatic carbocycles. The van der Waals surface area contributed by atoms with Crippen LogP contribution >= 0.6 is 0 Å². The first-order valence-electron chi connectivity index (χ1n) is 5.32. The number of hydrogen-bond donors (Lipinski definition) is 3. The summed E-state index contributed by atoms with van der Waals surface area (Å²) in [4.78, 5) is 32.5. The van der Waals surface area contributed by atoms with Crippen molar-refractivity contribution in [1.82, 2.24) is 0 Å². The van der Waals surface area contributed by atoms with Gasteiger partial charge in [-0.05, 0) is 12.8 Å². The Morgan fingerprint density at radius 1 is 1.41 bits per heavy atom. The second kappa shape index (κ2) is 5.88. The van der Waals surface area contributed by atoms with Crippen LogP contribution in [0.25, 0.3) is 0 Å². The number of Topliss-reactive ketones (excluding diaryl/α,β-unsaturated/α-hetero) is 1. The van der Waals surface area contributed by atoms with E-state index < -0.39 is 35.7 Å². The number of carbonyl (C=O) groups is 3. The summed E-state index contributed by atoms with van der Waals surface area (Å²) in [6.07, 6.45) is -1.69. The van der Waals surface area contributed by atoms with Gasteiger partial charge in [0, 0.05) is 6.42 Å². The zero-order valence-electron chi connectivity index (χ0n) is 10.2. The zero-order chi connectivity index (χ0) is 13.8. The van der Waals surface area contributed by atoms with E-state index in [2.05, 4.69) is 0 Å². The van der Waals surface area contributed by atoms with Gasteiger partial charge in [-0.1, -0.05) is 13.8 Å². The second-order valence-electron chi connectivity index (χ2n) is 4.70. The molecule has 0 aromatic rings. The highest BCUT2D eigenvalue weighted by Gasteiger charge is 2.37. The predicted molar refractivity (Wildman–Crippen MR) is 59.8 cm³/mol. The zero-order valence-corrected chi connectivity index (χ0v) is 10.2. The summed E-state index contributed by atoms with van der Waals surface area (Å²) in [7, 11) is 0. The first-order valence-corrected chi connectivity index (χ1v) is 5.32. The summed E-state index contributed by atoms with van der Waals surface area (Å²) in [6.45, 7) is 4.50. The van der Waals surface area contributed by atoms with Gasteiger partial charge in [-0.15, -0.1) is 0 Å². The Labute approximate surface area is 99.8 Å². The molecule has 1 amide bonds. The lowest BCUT2D eigenvalue weighted by molar-refractivity contribution is -0.146. The molecule has 0 radical (unpaired) electrons. The van der Waals surface area contributed by atoms with E-state index in [0.29, 0.717) is 0 Å². The van der Waals surface area contributed by atoms with Gasteiger partial charge in [-0.3, -0.25) is 14.4 Å². The smallest absolute Gasteiger partial charge is 0.226 e. The topological polar surface area (TPSA) is 118 Å². The van der Waals surface area contributed by atoms with E-state index in [-0.39, 0.29) is 12.2 Å². The van der Waals surface area contributed by atoms with Crippen LogP contribution < -0.4 is 5.73 Å². The van der Waals surface area contributed by atoms with Crippen LogP contribution in [0, 0.1) is 11.8 Å². The number of rotatable bonds is 7. The molecule has 0 bridgehead atoms. The first-order chi connectivity index (χ1) is 7.63. The number of carbonyl (C=O) groups excluding carboxylic acids is 3. The molecule has 4 N–H and O–H groups in total. The van der Waals surface area contributed by atoms with Gasteiger partial charge in [0.15, 0.2) is 6.29 Å². The molecule has 0 aliphatic rings. The van der Waals surface area contributed by atoms with Crippen molar-refractivity contribution in [1.29, 1.82) is 0 Å². The monoisotopic (exact) mass is 245 g/mol. The minimum Gasteiger partial charge on any atom is -0.392 e. The van der Waals surface area contributed by atoms with Gasteiger partial charge in [0.25, 0.3) is 0 Å². The standard InChI is InChI=1S/C11H19NO5/c1-6(2)9(10(12)16)7(14)4-11(3,17)8(15)5-13/h5-7,9,14,17H,4H2,1-3H3,(H2,12,16)/t7?,9?,11-/m0/s1. The molecule has 2 unspecified atom stereocenters. The molecular weight excluding hydrogens is 226 g/mol. The number of amides is 1. The third-order valence-corrected chi connectivity index (χ3v) is 2.71. The lowest BCUT2D eigenvalue weighted by Gasteiger charge is -2.28. The molecule has 6 heteroatoms. The summed E-state index contributed by atoms with van der Waals surface area (Å²) >= 11 is 0. The van der Waals surface area contributed by atoms with Gasteiger partial charge in [0.2, 0.25) is 11.7 Å². The van der Waals surface area contributed by atoms with Crippen molar-refractivity contribution in [3.8, 4) is 0 Å². The van der Waals surface area contributed by atoms with E-state index in [1.54, 1.807) is 13.8 Å². The molecule has 0 saturated carbocycles. The largest absolute Gasteiger partial charge is 0.392 e. The summed E-state index contributed by atoms with van der Waals surface area (Å²) in [5, 5.41) is 19.5. The maximum absolute atomic E-state index is 11.1. The summed E-state index contributed by atoms with van der Waals surface area (Å²) in [5.74, 6) is -2.85. The van der Waals surface area contributed by atoms with Crippen LogP contribution in [0.15, 0.2) is 0 Å². The first kappa shape index (κ1) is 15.7. The number of nitrogens with two attached hydrogens (primary N) is 1. The summed E-state index contributed by atoms with van der Waals surface area (Å²) in [6, 6.07) is 0. The van der Waals surface area contributed by atoms with Crippen molar-refractivity contribution in [3.05, 3.63) is 0 Å². The van der Waals surface area contributed by atoms with Crippen molar-refractivity contribution in [2.24, 2.45) is 17.6 Å². The van der Waals surface area contributed by atoms with Gasteiger partial charge in [0.05, 0.1) is 12.0 Å². The fourth-order valence-electron chi connectivity index (χ4n) is 1.72. The number of aliphatic hydroxyl groups excluding tert-OH is 1. The van der Waals surface area contributed by atoms with Gasteiger partial charge in [0.1, 0.15) is 5.60 Å². The average molecular weight is 245 g/mol. The van der Waals surface area contributed by atoms with Crippen LogP contribution in [-0.4, -0.2) is 39.9 Å². The average Bonchev–Trinajstić information content (AvgIpc) is 2.13. The fourth-order valence-corrected chi connectivity index (χ4v) is 1.72. The molecule has 0 saturated heterocycles. The molecule has 3 atom stereocenters.